The summed E-state index contributed by atoms with van der Waals surface area (Å²) < 4.78 is 6.80. The average molecular weight is 456 g/mol. The lowest BCUT2D eigenvalue weighted by Gasteiger charge is -2.13. The van der Waals surface area contributed by atoms with Gasteiger partial charge in [0.15, 0.2) is 5.16 Å². The van der Waals surface area contributed by atoms with Gasteiger partial charge in [-0.1, -0.05) is 23.9 Å². The number of aryl methyl sites for hydroxylation is 2. The lowest BCUT2D eigenvalue weighted by atomic mass is 9.97. The zero-order valence-corrected chi connectivity index (χ0v) is 19.3. The Morgan fingerprint density at radius 2 is 2.03 bits per heavy atom. The maximum atomic E-state index is 13.4. The van der Waals surface area contributed by atoms with Crippen molar-refractivity contribution in [3.8, 4) is 5.75 Å². The Labute approximate surface area is 189 Å². The molecular weight excluding hydrogens is 430 g/mol. The van der Waals surface area contributed by atoms with Crippen LogP contribution in [0, 0.1) is 0 Å². The quantitative estimate of drug-likeness (QED) is 0.319. The molecule has 0 aliphatic heterocycles. The number of ether oxygens (including phenoxy) is 1. The van der Waals surface area contributed by atoms with Gasteiger partial charge in [-0.3, -0.25) is 14.2 Å². The third kappa shape index (κ3) is 4.70. The fourth-order valence-electron chi connectivity index (χ4n) is 3.74. The minimum Gasteiger partial charge on any atom is -0.497 e. The van der Waals surface area contributed by atoms with Crippen molar-refractivity contribution in [2.75, 3.05) is 18.2 Å². The van der Waals surface area contributed by atoms with Gasteiger partial charge in [0.2, 0.25) is 5.91 Å². The van der Waals surface area contributed by atoms with Crippen LogP contribution in [0.25, 0.3) is 10.2 Å². The SMILES string of the molecule is C=C(C)Cn1c(SCC(=O)Nc2ccc(OC)cc2)nc2sc3c(c2c1=O)CCCC3. The van der Waals surface area contributed by atoms with Crippen LogP contribution in [-0.2, 0) is 24.2 Å². The molecule has 8 heteroatoms. The fourth-order valence-corrected chi connectivity index (χ4v) is 5.84. The third-order valence-corrected chi connectivity index (χ3v) is 7.34. The normalized spacial score (nSPS) is 13.1. The minimum absolute atomic E-state index is 0.0227. The summed E-state index contributed by atoms with van der Waals surface area (Å²) >= 11 is 2.90. The Balaban J connectivity index is 1.59. The predicted molar refractivity (Wildman–Crippen MR) is 128 cm³/mol. The molecule has 0 unspecified atom stereocenters. The van der Waals surface area contributed by atoms with Gasteiger partial charge in [-0.15, -0.1) is 11.3 Å². The summed E-state index contributed by atoms with van der Waals surface area (Å²) in [5.74, 6) is 0.731. The average Bonchev–Trinajstić information content (AvgIpc) is 3.13. The standard InChI is InChI=1S/C23H25N3O3S2/c1-14(2)12-26-22(28)20-17-6-4-5-7-18(17)31-21(20)25-23(26)30-13-19(27)24-15-8-10-16(29-3)11-9-15/h8-11H,1,4-7,12-13H2,2-3H3,(H,24,27). The molecule has 1 amide bonds. The number of thiophene rings is 1. The number of aromatic nitrogens is 2. The molecule has 0 saturated carbocycles. The molecule has 4 rings (SSSR count). The highest BCUT2D eigenvalue weighted by molar-refractivity contribution is 7.99. The molecule has 3 aromatic rings. The van der Waals surface area contributed by atoms with Crippen molar-refractivity contribution in [3.05, 3.63) is 57.2 Å². The zero-order chi connectivity index (χ0) is 22.0. The highest BCUT2D eigenvalue weighted by Crippen LogP contribution is 2.34. The number of carbonyl (C=O) groups excluding carboxylic acids is 1. The van der Waals surface area contributed by atoms with Crippen molar-refractivity contribution in [1.82, 2.24) is 9.55 Å². The topological polar surface area (TPSA) is 73.2 Å². The summed E-state index contributed by atoms with van der Waals surface area (Å²) in [5, 5.41) is 4.19. The number of anilines is 1. The lowest BCUT2D eigenvalue weighted by molar-refractivity contribution is -0.113. The second-order valence-corrected chi connectivity index (χ2v) is 9.73. The first kappa shape index (κ1) is 21.6. The van der Waals surface area contributed by atoms with E-state index in [4.69, 9.17) is 9.72 Å². The molecule has 1 aliphatic rings. The van der Waals surface area contributed by atoms with Crippen molar-refractivity contribution < 1.29 is 9.53 Å². The molecule has 162 valence electrons. The van der Waals surface area contributed by atoms with Crippen LogP contribution in [0.15, 0.2) is 46.4 Å². The highest BCUT2D eigenvalue weighted by Gasteiger charge is 2.22. The number of thioether (sulfide) groups is 1. The molecule has 2 heterocycles. The number of nitrogens with zero attached hydrogens (tertiary/aromatic N) is 2. The van der Waals surface area contributed by atoms with Gasteiger partial charge in [0, 0.05) is 17.1 Å². The molecule has 1 aliphatic carbocycles. The molecule has 0 saturated heterocycles. The van der Waals surface area contributed by atoms with Crippen molar-refractivity contribution in [2.45, 2.75) is 44.3 Å². The van der Waals surface area contributed by atoms with E-state index < -0.39 is 0 Å². The van der Waals surface area contributed by atoms with Crippen LogP contribution >= 0.6 is 23.1 Å². The molecule has 0 spiro atoms. The molecule has 0 fully saturated rings. The van der Waals surface area contributed by atoms with Gasteiger partial charge in [-0.2, -0.15) is 0 Å². The first-order valence-corrected chi connectivity index (χ1v) is 12.0. The van der Waals surface area contributed by atoms with Crippen molar-refractivity contribution >= 4 is 44.9 Å². The fraction of sp³-hybridized carbons (Fsp3) is 0.348. The summed E-state index contributed by atoms with van der Waals surface area (Å²) in [5.41, 5.74) is 2.72. The van der Waals surface area contributed by atoms with E-state index in [2.05, 4.69) is 11.9 Å². The Morgan fingerprint density at radius 1 is 1.29 bits per heavy atom. The van der Waals surface area contributed by atoms with Crippen LogP contribution in [0.5, 0.6) is 5.75 Å². The Kier molecular flexibility index (Phi) is 6.48. The van der Waals surface area contributed by atoms with E-state index in [1.807, 2.05) is 6.92 Å². The summed E-state index contributed by atoms with van der Waals surface area (Å²) in [4.78, 5) is 32.7. The summed E-state index contributed by atoms with van der Waals surface area (Å²) in [6.45, 7) is 6.26. The predicted octanol–water partition coefficient (Wildman–Crippen LogP) is 4.65. The molecular formula is C23H25N3O3S2. The number of methoxy groups -OCH3 is 1. The maximum Gasteiger partial charge on any atom is 0.263 e. The minimum atomic E-state index is -0.156. The first-order chi connectivity index (χ1) is 15.0. The van der Waals surface area contributed by atoms with Crippen LogP contribution in [-0.4, -0.2) is 28.3 Å². The van der Waals surface area contributed by atoms with E-state index in [0.717, 1.165) is 47.2 Å². The van der Waals surface area contributed by atoms with Crippen LogP contribution in [0.4, 0.5) is 5.69 Å². The molecule has 0 atom stereocenters. The monoisotopic (exact) mass is 455 g/mol. The van der Waals surface area contributed by atoms with Gasteiger partial charge in [0.05, 0.1) is 18.2 Å². The summed E-state index contributed by atoms with van der Waals surface area (Å²) in [6.07, 6.45) is 4.23. The van der Waals surface area contributed by atoms with Gasteiger partial charge in [0.1, 0.15) is 10.6 Å². The summed E-state index contributed by atoms with van der Waals surface area (Å²) in [7, 11) is 1.60. The van der Waals surface area contributed by atoms with Crippen LogP contribution in [0.2, 0.25) is 0 Å². The molecule has 31 heavy (non-hydrogen) atoms. The molecule has 0 radical (unpaired) electrons. The smallest absolute Gasteiger partial charge is 0.263 e. The number of rotatable bonds is 7. The van der Waals surface area contributed by atoms with E-state index in [1.165, 1.54) is 22.2 Å². The second-order valence-electron chi connectivity index (χ2n) is 7.70. The first-order valence-electron chi connectivity index (χ1n) is 10.2. The largest absolute Gasteiger partial charge is 0.497 e. The van der Waals surface area contributed by atoms with Gasteiger partial charge in [0.25, 0.3) is 5.56 Å². The molecule has 2 aromatic heterocycles. The maximum absolute atomic E-state index is 13.4. The Bertz CT molecular complexity index is 1200. The Hall–Kier alpha value is -2.58. The molecule has 1 N–H and O–H groups in total. The number of allylic oxidation sites excluding steroid dienone is 1. The van der Waals surface area contributed by atoms with E-state index >= 15 is 0 Å². The van der Waals surface area contributed by atoms with Crippen molar-refractivity contribution in [2.24, 2.45) is 0 Å². The van der Waals surface area contributed by atoms with Gasteiger partial charge < -0.3 is 10.1 Å². The number of benzene rings is 1. The number of fused-ring (bicyclic) bond motifs is 3. The number of amides is 1. The van der Waals surface area contributed by atoms with Gasteiger partial charge in [-0.05, 0) is 62.4 Å². The number of hydrogen-bond acceptors (Lipinski definition) is 6. The van der Waals surface area contributed by atoms with E-state index in [0.29, 0.717) is 17.4 Å². The number of hydrogen-bond donors (Lipinski definition) is 1. The zero-order valence-electron chi connectivity index (χ0n) is 17.7. The van der Waals surface area contributed by atoms with Crippen molar-refractivity contribution in [1.29, 1.82) is 0 Å². The number of carbonyl (C=O) groups is 1. The highest BCUT2D eigenvalue weighted by atomic mass is 32.2. The number of nitrogens with one attached hydrogen (secondary N) is 1. The van der Waals surface area contributed by atoms with Crippen molar-refractivity contribution in [3.63, 3.8) is 0 Å². The van der Waals surface area contributed by atoms with E-state index in [9.17, 15) is 9.59 Å². The lowest BCUT2D eigenvalue weighted by Crippen LogP contribution is -2.25. The molecule has 6 nitrogen and oxygen atoms in total. The third-order valence-electron chi connectivity index (χ3n) is 5.17. The van der Waals surface area contributed by atoms with Gasteiger partial charge in [-0.25, -0.2) is 4.98 Å². The second kappa shape index (κ2) is 9.28. The molecule has 1 aromatic carbocycles. The van der Waals surface area contributed by atoms with Crippen LogP contribution < -0.4 is 15.6 Å². The summed E-state index contributed by atoms with van der Waals surface area (Å²) in [6, 6.07) is 7.17. The van der Waals surface area contributed by atoms with Gasteiger partial charge >= 0.3 is 0 Å². The van der Waals surface area contributed by atoms with E-state index in [-0.39, 0.29) is 17.2 Å². The van der Waals surface area contributed by atoms with Crippen LogP contribution in [0.1, 0.15) is 30.2 Å². The Morgan fingerprint density at radius 3 is 2.74 bits per heavy atom. The van der Waals surface area contributed by atoms with E-state index in [1.54, 1.807) is 47.3 Å². The van der Waals surface area contributed by atoms with Crippen LogP contribution in [0.3, 0.4) is 0 Å². The molecule has 0 bridgehead atoms.